The lowest BCUT2D eigenvalue weighted by Gasteiger charge is -2.26. The van der Waals surface area contributed by atoms with Crippen molar-refractivity contribution in [3.05, 3.63) is 23.7 Å². The summed E-state index contributed by atoms with van der Waals surface area (Å²) in [6.45, 7) is 7.64. The number of hydrogen-bond donors (Lipinski definition) is 2. The maximum absolute atomic E-state index is 12.1. The van der Waals surface area contributed by atoms with Gasteiger partial charge in [-0.3, -0.25) is 4.79 Å². The van der Waals surface area contributed by atoms with Gasteiger partial charge in [-0.2, -0.15) is 0 Å². The summed E-state index contributed by atoms with van der Waals surface area (Å²) >= 11 is 0. The molecule has 1 aromatic rings. The number of rotatable bonds is 4. The van der Waals surface area contributed by atoms with Crippen molar-refractivity contribution in [2.75, 3.05) is 13.1 Å². The van der Waals surface area contributed by atoms with E-state index in [4.69, 9.17) is 4.42 Å². The van der Waals surface area contributed by atoms with Gasteiger partial charge in [-0.15, -0.1) is 0 Å². The number of carbonyl (C=O) groups excluding carboxylic acids is 1. The van der Waals surface area contributed by atoms with Crippen LogP contribution in [0.1, 0.15) is 44.6 Å². The second kappa shape index (κ2) is 5.78. The highest BCUT2D eigenvalue weighted by Crippen LogP contribution is 2.24. The van der Waals surface area contributed by atoms with E-state index in [1.165, 1.54) is 6.42 Å². The molecule has 0 aliphatic carbocycles. The fourth-order valence-electron chi connectivity index (χ4n) is 2.39. The molecule has 1 aromatic heterocycles. The van der Waals surface area contributed by atoms with E-state index in [0.717, 1.165) is 30.9 Å². The number of aryl methyl sites for hydroxylation is 1. The molecular formula is C15H24N2O2. The monoisotopic (exact) mass is 264 g/mol. The molecule has 0 aromatic carbocycles. The molecule has 0 saturated carbocycles. The number of hydrogen-bond acceptors (Lipinski definition) is 3. The van der Waals surface area contributed by atoms with Crippen molar-refractivity contribution in [1.82, 2.24) is 10.6 Å². The zero-order valence-electron chi connectivity index (χ0n) is 12.1. The molecule has 1 aliphatic rings. The summed E-state index contributed by atoms with van der Waals surface area (Å²) in [6, 6.07) is 3.92. The van der Waals surface area contributed by atoms with Crippen molar-refractivity contribution in [3.8, 4) is 0 Å². The van der Waals surface area contributed by atoms with E-state index in [1.54, 1.807) is 0 Å². The van der Waals surface area contributed by atoms with Crippen LogP contribution in [-0.4, -0.2) is 25.0 Å². The Morgan fingerprint density at radius 2 is 2.26 bits per heavy atom. The van der Waals surface area contributed by atoms with Crippen molar-refractivity contribution in [1.29, 1.82) is 0 Å². The molecular weight excluding hydrogens is 240 g/mol. The van der Waals surface area contributed by atoms with Gasteiger partial charge in [0.25, 0.3) is 0 Å². The van der Waals surface area contributed by atoms with E-state index in [-0.39, 0.29) is 17.4 Å². The lowest BCUT2D eigenvalue weighted by atomic mass is 9.90. The van der Waals surface area contributed by atoms with Crippen LogP contribution in [0.3, 0.4) is 0 Å². The van der Waals surface area contributed by atoms with Crippen molar-refractivity contribution >= 4 is 5.91 Å². The Hall–Kier alpha value is -1.29. The van der Waals surface area contributed by atoms with E-state index in [1.807, 2.05) is 19.1 Å². The van der Waals surface area contributed by atoms with Gasteiger partial charge in [-0.1, -0.05) is 20.3 Å². The molecule has 0 spiro atoms. The predicted molar refractivity (Wildman–Crippen MR) is 75.1 cm³/mol. The van der Waals surface area contributed by atoms with Crippen molar-refractivity contribution in [2.24, 2.45) is 0 Å². The summed E-state index contributed by atoms with van der Waals surface area (Å²) < 4.78 is 5.66. The average Bonchev–Trinajstić information content (AvgIpc) is 2.85. The summed E-state index contributed by atoms with van der Waals surface area (Å²) in [5, 5.41) is 6.30. The normalized spacial score (nSPS) is 20.3. The third kappa shape index (κ3) is 3.60. The maximum atomic E-state index is 12.1. The van der Waals surface area contributed by atoms with Gasteiger partial charge in [0.05, 0.1) is 6.04 Å². The summed E-state index contributed by atoms with van der Waals surface area (Å²) in [5.74, 6) is 1.93. The van der Waals surface area contributed by atoms with Gasteiger partial charge in [0.1, 0.15) is 11.5 Å². The molecule has 0 bridgehead atoms. The molecule has 1 atom stereocenters. The molecule has 4 heteroatoms. The predicted octanol–water partition coefficient (Wildman–Crippen LogP) is 2.12. The first kappa shape index (κ1) is 14.1. The van der Waals surface area contributed by atoms with E-state index in [9.17, 15) is 4.79 Å². The Kier molecular flexibility index (Phi) is 4.30. The first-order valence-corrected chi connectivity index (χ1v) is 7.07. The first-order chi connectivity index (χ1) is 8.99. The minimum atomic E-state index is -0.182. The van der Waals surface area contributed by atoms with Gasteiger partial charge in [-0.05, 0) is 38.4 Å². The Labute approximate surface area is 114 Å². The lowest BCUT2D eigenvalue weighted by molar-refractivity contribution is -0.123. The fourth-order valence-corrected chi connectivity index (χ4v) is 2.39. The van der Waals surface area contributed by atoms with Crippen LogP contribution in [0.4, 0.5) is 0 Å². The van der Waals surface area contributed by atoms with Crippen LogP contribution >= 0.6 is 0 Å². The van der Waals surface area contributed by atoms with Gasteiger partial charge in [-0.25, -0.2) is 0 Å². The molecule has 2 N–H and O–H groups in total. The highest BCUT2D eigenvalue weighted by Gasteiger charge is 2.27. The number of furan rings is 1. The SMILES string of the molecule is Cc1ccc(C(C)(C)CNC(=O)C2CCCCN2)o1. The van der Waals surface area contributed by atoms with Crippen LogP contribution in [0.25, 0.3) is 0 Å². The summed E-state index contributed by atoms with van der Waals surface area (Å²) in [4.78, 5) is 12.1. The number of carbonyl (C=O) groups is 1. The van der Waals surface area contributed by atoms with E-state index >= 15 is 0 Å². The molecule has 106 valence electrons. The molecule has 2 heterocycles. The molecule has 19 heavy (non-hydrogen) atoms. The summed E-state index contributed by atoms with van der Waals surface area (Å²) in [6.07, 6.45) is 3.24. The fraction of sp³-hybridized carbons (Fsp3) is 0.667. The quantitative estimate of drug-likeness (QED) is 0.876. The van der Waals surface area contributed by atoms with E-state index in [2.05, 4.69) is 24.5 Å². The summed E-state index contributed by atoms with van der Waals surface area (Å²) in [5.41, 5.74) is -0.182. The molecule has 2 rings (SSSR count). The van der Waals surface area contributed by atoms with Crippen molar-refractivity contribution < 1.29 is 9.21 Å². The number of amides is 1. The standard InChI is InChI=1S/C15H24N2O2/c1-11-7-8-13(19-11)15(2,3)10-17-14(18)12-6-4-5-9-16-12/h7-8,12,16H,4-6,9-10H2,1-3H3,(H,17,18). The molecule has 0 radical (unpaired) electrons. The van der Waals surface area contributed by atoms with Crippen molar-refractivity contribution in [2.45, 2.75) is 51.5 Å². The topological polar surface area (TPSA) is 54.3 Å². The van der Waals surface area contributed by atoms with Gasteiger partial charge in [0.15, 0.2) is 0 Å². The second-order valence-electron chi connectivity index (χ2n) is 6.01. The van der Waals surface area contributed by atoms with Crippen LogP contribution in [-0.2, 0) is 10.2 Å². The molecule has 1 amide bonds. The second-order valence-corrected chi connectivity index (χ2v) is 6.01. The van der Waals surface area contributed by atoms with Crippen LogP contribution < -0.4 is 10.6 Å². The molecule has 1 fully saturated rings. The van der Waals surface area contributed by atoms with Gasteiger partial charge in [0, 0.05) is 12.0 Å². The molecule has 4 nitrogen and oxygen atoms in total. The van der Waals surface area contributed by atoms with Gasteiger partial charge in [0.2, 0.25) is 5.91 Å². The van der Waals surface area contributed by atoms with Gasteiger partial charge >= 0.3 is 0 Å². The Morgan fingerprint density at radius 1 is 1.47 bits per heavy atom. The minimum absolute atomic E-state index is 0.0251. The third-order valence-electron chi connectivity index (χ3n) is 3.74. The smallest absolute Gasteiger partial charge is 0.237 e. The highest BCUT2D eigenvalue weighted by molar-refractivity contribution is 5.81. The highest BCUT2D eigenvalue weighted by atomic mass is 16.3. The van der Waals surface area contributed by atoms with E-state index < -0.39 is 0 Å². The largest absolute Gasteiger partial charge is 0.466 e. The Bertz CT molecular complexity index is 431. The summed E-state index contributed by atoms with van der Waals surface area (Å²) in [7, 11) is 0. The number of nitrogens with one attached hydrogen (secondary N) is 2. The maximum Gasteiger partial charge on any atom is 0.237 e. The lowest BCUT2D eigenvalue weighted by Crippen LogP contribution is -2.49. The molecule has 1 unspecified atom stereocenters. The van der Waals surface area contributed by atoms with Crippen molar-refractivity contribution in [3.63, 3.8) is 0 Å². The van der Waals surface area contributed by atoms with Crippen LogP contribution in [0, 0.1) is 6.92 Å². The molecule has 1 saturated heterocycles. The Balaban J connectivity index is 1.88. The first-order valence-electron chi connectivity index (χ1n) is 7.07. The average molecular weight is 264 g/mol. The van der Waals surface area contributed by atoms with Gasteiger partial charge < -0.3 is 15.1 Å². The molecule has 1 aliphatic heterocycles. The zero-order valence-corrected chi connectivity index (χ0v) is 12.1. The third-order valence-corrected chi connectivity index (χ3v) is 3.74. The Morgan fingerprint density at radius 3 is 2.84 bits per heavy atom. The van der Waals surface area contributed by atoms with E-state index in [0.29, 0.717) is 6.54 Å². The van der Waals surface area contributed by atoms with Crippen LogP contribution in [0.2, 0.25) is 0 Å². The van der Waals surface area contributed by atoms with Crippen LogP contribution in [0.5, 0.6) is 0 Å². The number of piperidine rings is 1. The van der Waals surface area contributed by atoms with Crippen LogP contribution in [0.15, 0.2) is 16.5 Å². The zero-order chi connectivity index (χ0) is 13.9. The minimum Gasteiger partial charge on any atom is -0.466 e.